The quantitative estimate of drug-likeness (QED) is 0.0910. The largest absolute Gasteiger partial charge is 0.507 e. The van der Waals surface area contributed by atoms with Crippen LogP contribution in [0.15, 0.2) is 34.3 Å². The third-order valence-corrected chi connectivity index (χ3v) is 11.3. The number of phenolic OH excluding ortho intramolecular Hbond substituents is 2. The van der Waals surface area contributed by atoms with Gasteiger partial charge >= 0.3 is 6.09 Å². The smallest absolute Gasteiger partial charge is 0.409 e. The maximum absolute atomic E-state index is 13.2. The van der Waals surface area contributed by atoms with Crippen molar-refractivity contribution < 1.29 is 53.5 Å². The lowest BCUT2D eigenvalue weighted by Gasteiger charge is -2.29. The van der Waals surface area contributed by atoms with Gasteiger partial charge in [-0.25, -0.2) is 4.79 Å². The molecule has 5 rings (SSSR count). The van der Waals surface area contributed by atoms with Crippen molar-refractivity contribution in [1.29, 1.82) is 0 Å². The molecule has 3 N–H and O–H groups in total. The van der Waals surface area contributed by atoms with Crippen LogP contribution < -0.4 is 4.74 Å². The van der Waals surface area contributed by atoms with Gasteiger partial charge in [-0.2, -0.15) is 0 Å². The summed E-state index contributed by atoms with van der Waals surface area (Å²) in [6.07, 6.45) is 22.6. The van der Waals surface area contributed by atoms with Crippen LogP contribution in [0.5, 0.6) is 17.2 Å². The van der Waals surface area contributed by atoms with E-state index in [0.717, 1.165) is 31.5 Å². The van der Waals surface area contributed by atoms with Crippen LogP contribution in [0.3, 0.4) is 0 Å². The second-order valence-corrected chi connectivity index (χ2v) is 15.1. The highest BCUT2D eigenvalue weighted by Gasteiger charge is 2.41. The van der Waals surface area contributed by atoms with E-state index in [9.17, 15) is 34.2 Å². The van der Waals surface area contributed by atoms with E-state index in [1.807, 2.05) is 25.2 Å². The second kappa shape index (κ2) is 25.8. The number of fused-ring (bicyclic) bond motifs is 3. The molecule has 1 aliphatic heterocycles. The van der Waals surface area contributed by atoms with Crippen molar-refractivity contribution in [2.45, 2.75) is 44.3 Å². The third kappa shape index (κ3) is 13.4. The van der Waals surface area contributed by atoms with E-state index >= 15 is 0 Å². The Balaban J connectivity index is 0.000000530. The number of aliphatic imine (C=N–C) groups is 1. The first-order valence-corrected chi connectivity index (χ1v) is 19.7. The fraction of sp³-hybridized carbons (Fsp3) is 0.415. The highest BCUT2D eigenvalue weighted by Crippen LogP contribution is 2.47. The summed E-state index contributed by atoms with van der Waals surface area (Å²) in [7, 11) is 11.4. The molecule has 0 saturated heterocycles. The van der Waals surface area contributed by atoms with Gasteiger partial charge in [-0.3, -0.25) is 24.2 Å². The molecule has 0 radical (unpaired) electrons. The standard InChI is InChI=1S/C22H18O8.C14H25N3O2S2.2C2H2.CH4O/c1-29-15-4-2-3-12-16(15)22(28)18-17(20(12)26)21(27)13-7-10(14(24)8-30-9-23)5-6-11(13)19(18)25;1-12(20-21-13-7-5-6-8-15-13)11-19-14(18)17(4)10-9-16(2)3;3*1-2/h2-4,9-10,25,27H,5-8H2,1H3;7-8,12H,5-6,9-11H2,1-4H3;2*1-2H;2H,1H3/t10-;;;;/m0..../s1. The zero-order valence-corrected chi connectivity index (χ0v) is 34.7. The molecule has 14 nitrogen and oxygen atoms in total. The molecule has 3 aliphatic rings. The van der Waals surface area contributed by atoms with Crippen LogP contribution in [-0.2, 0) is 31.9 Å². The van der Waals surface area contributed by atoms with Gasteiger partial charge in [0, 0.05) is 61.3 Å². The van der Waals surface area contributed by atoms with Crippen LogP contribution >= 0.6 is 21.6 Å². The molecular formula is C41H51N3O11S2. The number of Topliss-reactive ketones (excluding diaryl/α,β-unsaturated/α-hetero) is 1. The Morgan fingerprint density at radius 1 is 0.982 bits per heavy atom. The summed E-state index contributed by atoms with van der Waals surface area (Å²) in [5.41, 5.74) is 0.198. The van der Waals surface area contributed by atoms with Crippen molar-refractivity contribution in [1.82, 2.24) is 9.80 Å². The zero-order chi connectivity index (χ0) is 43.2. The predicted molar refractivity (Wildman–Crippen MR) is 223 cm³/mol. The number of methoxy groups -OCH3 is 1. The van der Waals surface area contributed by atoms with Crippen molar-refractivity contribution in [2.24, 2.45) is 10.9 Å². The molecule has 0 bridgehead atoms. The Morgan fingerprint density at radius 2 is 1.63 bits per heavy atom. The van der Waals surface area contributed by atoms with Gasteiger partial charge in [0.1, 0.15) is 35.5 Å². The fourth-order valence-corrected chi connectivity index (χ4v) is 7.74. The maximum atomic E-state index is 13.2. The number of nitrogens with zero attached hydrogens (tertiary/aromatic N) is 3. The van der Waals surface area contributed by atoms with E-state index in [0.29, 0.717) is 25.1 Å². The number of hydrogen-bond donors (Lipinski definition) is 3. The van der Waals surface area contributed by atoms with E-state index in [-0.39, 0.29) is 82.4 Å². The molecule has 1 heterocycles. The van der Waals surface area contributed by atoms with Gasteiger partial charge in [0.15, 0.2) is 11.6 Å². The number of aromatic hydroxyl groups is 2. The molecule has 2 aromatic carbocycles. The molecule has 0 aromatic heterocycles. The van der Waals surface area contributed by atoms with Crippen molar-refractivity contribution >= 4 is 57.7 Å². The Labute approximate surface area is 342 Å². The maximum Gasteiger partial charge on any atom is 0.409 e. The van der Waals surface area contributed by atoms with E-state index in [1.54, 1.807) is 45.7 Å². The molecular weight excluding hydrogens is 775 g/mol. The van der Waals surface area contributed by atoms with E-state index in [2.05, 4.69) is 48.4 Å². The van der Waals surface area contributed by atoms with Crippen LogP contribution in [-0.4, -0.2) is 128 Å². The Kier molecular flexibility index (Phi) is 22.5. The summed E-state index contributed by atoms with van der Waals surface area (Å²) in [6.45, 7) is 3.77. The van der Waals surface area contributed by atoms with Gasteiger partial charge < -0.3 is 39.3 Å². The molecule has 16 heteroatoms. The minimum atomic E-state index is -0.606. The molecule has 2 aliphatic carbocycles. The van der Waals surface area contributed by atoms with Gasteiger partial charge in [-0.1, -0.05) is 29.0 Å². The highest BCUT2D eigenvalue weighted by atomic mass is 33.1. The summed E-state index contributed by atoms with van der Waals surface area (Å²) in [5.74, 6) is -2.63. The van der Waals surface area contributed by atoms with Crippen molar-refractivity contribution in [2.75, 3.05) is 61.7 Å². The van der Waals surface area contributed by atoms with Crippen LogP contribution in [0, 0.1) is 31.6 Å². The molecule has 2 atom stereocenters. The average molecular weight is 826 g/mol. The number of benzene rings is 2. The molecule has 1 amide bonds. The van der Waals surface area contributed by atoms with Gasteiger partial charge in [0.25, 0.3) is 6.47 Å². The number of aliphatic hydroxyl groups is 1. The number of amides is 1. The lowest BCUT2D eigenvalue weighted by Crippen LogP contribution is -2.34. The first-order valence-electron chi connectivity index (χ1n) is 17.5. The molecule has 0 spiro atoms. The number of ether oxygens (including phenoxy) is 3. The van der Waals surface area contributed by atoms with Crippen molar-refractivity contribution in [3.8, 4) is 42.9 Å². The number of ketones is 3. The predicted octanol–water partition coefficient (Wildman–Crippen LogP) is 4.93. The van der Waals surface area contributed by atoms with Gasteiger partial charge in [0.2, 0.25) is 5.78 Å². The van der Waals surface area contributed by atoms with E-state index in [1.165, 1.54) is 13.2 Å². The summed E-state index contributed by atoms with van der Waals surface area (Å²) in [5, 5.41) is 30.1. The number of hydrogen-bond acceptors (Lipinski definition) is 15. The van der Waals surface area contributed by atoms with Crippen LogP contribution in [0.2, 0.25) is 0 Å². The number of likely N-dealkylation sites (N-methyl/N-ethyl adjacent to an activating group) is 2. The Hall–Kier alpha value is -5.26. The molecule has 2 aromatic rings. The van der Waals surface area contributed by atoms with Gasteiger partial charge in [-0.05, 0) is 70.0 Å². The SMILES string of the molecule is C#C.C#C.CC(COC(=O)N(C)CCN(C)C)SSC1=CCCC=N1.CO.COc1cccc2c1C(=O)c1c(O)c3c(c(O)c1C2=O)C[C@@H](C(=O)COC=O)CC3. The third-order valence-electron chi connectivity index (χ3n) is 8.54. The summed E-state index contributed by atoms with van der Waals surface area (Å²) in [4.78, 5) is 68.7. The summed E-state index contributed by atoms with van der Waals surface area (Å²) < 4.78 is 15.0. The van der Waals surface area contributed by atoms with Crippen LogP contribution in [0.25, 0.3) is 0 Å². The molecule has 0 fully saturated rings. The number of rotatable bonds is 13. The first kappa shape index (κ1) is 49.8. The lowest BCUT2D eigenvalue weighted by molar-refractivity contribution is -0.138. The zero-order valence-electron chi connectivity index (χ0n) is 33.1. The van der Waals surface area contributed by atoms with E-state index in [4.69, 9.17) is 14.6 Å². The number of phenols is 2. The van der Waals surface area contributed by atoms with Gasteiger partial charge in [-0.15, -0.1) is 25.7 Å². The second-order valence-electron chi connectivity index (χ2n) is 12.5. The van der Waals surface area contributed by atoms with Crippen molar-refractivity contribution in [3.05, 3.63) is 62.7 Å². The fourth-order valence-electron chi connectivity index (χ4n) is 5.76. The summed E-state index contributed by atoms with van der Waals surface area (Å²) >= 11 is 0. The number of aliphatic hydroxyl groups excluding tert-OH is 1. The monoisotopic (exact) mass is 825 g/mol. The summed E-state index contributed by atoms with van der Waals surface area (Å²) in [6, 6.07) is 4.56. The van der Waals surface area contributed by atoms with Crippen LogP contribution in [0.1, 0.15) is 69.2 Å². The Morgan fingerprint density at radius 3 is 2.23 bits per heavy atom. The van der Waals surface area contributed by atoms with E-state index < -0.39 is 23.2 Å². The van der Waals surface area contributed by atoms with Crippen LogP contribution in [0.4, 0.5) is 4.79 Å². The molecule has 1 unspecified atom stereocenters. The first-order chi connectivity index (χ1) is 27.4. The highest BCUT2D eigenvalue weighted by molar-refractivity contribution is 8.78. The number of terminal acetylenes is 2. The lowest BCUT2D eigenvalue weighted by atomic mass is 9.75. The molecule has 0 saturated carbocycles. The topological polar surface area (TPSA) is 193 Å². The van der Waals surface area contributed by atoms with Crippen molar-refractivity contribution in [3.63, 3.8) is 0 Å². The minimum Gasteiger partial charge on any atom is -0.507 e. The normalized spacial score (nSPS) is 14.9. The average Bonchev–Trinajstić information content (AvgIpc) is 3.25. The number of carbonyl (C=O) groups excluding carboxylic acids is 5. The molecule has 57 heavy (non-hydrogen) atoms. The molecule has 308 valence electrons. The van der Waals surface area contributed by atoms with Gasteiger partial charge in [0.05, 0.1) is 23.8 Å². The number of carbonyl (C=O) groups is 5. The Bertz CT molecular complexity index is 1820. The minimum absolute atomic E-state index is 0.0435. The number of allylic oxidation sites excluding steroid dienone is 1.